The van der Waals surface area contributed by atoms with Crippen LogP contribution in [0.15, 0.2) is 67.6 Å². The molecule has 9 heteroatoms. The first-order valence-corrected chi connectivity index (χ1v) is 11.6. The quantitative estimate of drug-likeness (QED) is 0.285. The van der Waals surface area contributed by atoms with Crippen molar-refractivity contribution in [3.63, 3.8) is 0 Å². The summed E-state index contributed by atoms with van der Waals surface area (Å²) in [7, 11) is 7.63. The van der Waals surface area contributed by atoms with E-state index in [2.05, 4.69) is 60.3 Å². The van der Waals surface area contributed by atoms with Gasteiger partial charge in [0.1, 0.15) is 17.9 Å². The zero-order valence-corrected chi connectivity index (χ0v) is 21.0. The molecule has 0 fully saturated rings. The minimum atomic E-state index is -0.304. The Balaban J connectivity index is 1.68. The molecule has 0 aliphatic rings. The lowest BCUT2D eigenvalue weighted by Gasteiger charge is -2.19. The van der Waals surface area contributed by atoms with Gasteiger partial charge in [0.2, 0.25) is 5.91 Å². The molecule has 0 saturated carbocycles. The molecular formula is C27H31N7O2. The second kappa shape index (κ2) is 10.9. The summed E-state index contributed by atoms with van der Waals surface area (Å²) in [6.45, 7) is 5.08. The predicted octanol–water partition coefficient (Wildman–Crippen LogP) is 4.49. The van der Waals surface area contributed by atoms with Crippen LogP contribution in [-0.4, -0.2) is 59.6 Å². The maximum atomic E-state index is 12.1. The molecular weight excluding hydrogens is 454 g/mol. The molecule has 0 saturated heterocycles. The first kappa shape index (κ1) is 24.7. The normalized spacial score (nSPS) is 10.9. The first-order valence-electron chi connectivity index (χ1n) is 11.6. The minimum Gasteiger partial charge on any atom is -0.494 e. The second-order valence-corrected chi connectivity index (χ2v) is 8.61. The lowest BCUT2D eigenvalue weighted by molar-refractivity contribution is -0.111. The Bertz CT molecular complexity index is 1390. The van der Waals surface area contributed by atoms with E-state index >= 15 is 0 Å². The fraction of sp³-hybridized carbons (Fsp3) is 0.222. The summed E-state index contributed by atoms with van der Waals surface area (Å²) in [5.41, 5.74) is 4.94. The SMILES string of the molecule is C=CC(=O)Nc1cc(Nc2cc(-c3cn(C)c4ccccc34)ncn2)c(OC)cc1NCCN(C)C. The number of hydrogen-bond donors (Lipinski definition) is 3. The number of benzene rings is 2. The number of aryl methyl sites for hydroxylation is 1. The van der Waals surface area contributed by atoms with Gasteiger partial charge in [0, 0.05) is 54.9 Å². The van der Waals surface area contributed by atoms with Crippen LogP contribution in [-0.2, 0) is 11.8 Å². The van der Waals surface area contributed by atoms with Crippen molar-refractivity contribution in [1.82, 2.24) is 19.4 Å². The zero-order valence-electron chi connectivity index (χ0n) is 21.0. The number of methoxy groups -OCH3 is 1. The number of nitrogens with one attached hydrogen (secondary N) is 3. The van der Waals surface area contributed by atoms with E-state index in [1.54, 1.807) is 7.11 Å². The molecule has 2 heterocycles. The van der Waals surface area contributed by atoms with E-state index in [4.69, 9.17) is 4.74 Å². The highest BCUT2D eigenvalue weighted by Crippen LogP contribution is 2.37. The summed E-state index contributed by atoms with van der Waals surface area (Å²) < 4.78 is 7.74. The third kappa shape index (κ3) is 5.47. The number of carbonyl (C=O) groups is 1. The Kier molecular flexibility index (Phi) is 7.50. The zero-order chi connectivity index (χ0) is 25.7. The Morgan fingerprint density at radius 1 is 1.14 bits per heavy atom. The number of para-hydroxylation sites is 1. The van der Waals surface area contributed by atoms with Crippen molar-refractivity contribution in [3.05, 3.63) is 67.6 Å². The van der Waals surface area contributed by atoms with Crippen molar-refractivity contribution < 1.29 is 9.53 Å². The van der Waals surface area contributed by atoms with Crippen LogP contribution in [0.5, 0.6) is 5.75 Å². The number of nitrogens with zero attached hydrogens (tertiary/aromatic N) is 4. The number of fused-ring (bicyclic) bond motifs is 1. The molecule has 1 amide bonds. The number of hydrogen-bond acceptors (Lipinski definition) is 7. The minimum absolute atomic E-state index is 0.304. The molecule has 0 atom stereocenters. The Hall–Kier alpha value is -4.37. The van der Waals surface area contributed by atoms with Crippen LogP contribution in [0.3, 0.4) is 0 Å². The van der Waals surface area contributed by atoms with E-state index in [0.717, 1.165) is 34.4 Å². The number of ether oxygens (including phenoxy) is 1. The van der Waals surface area contributed by atoms with Crippen LogP contribution in [0.4, 0.5) is 22.9 Å². The van der Waals surface area contributed by atoms with Crippen LogP contribution in [0.2, 0.25) is 0 Å². The predicted molar refractivity (Wildman–Crippen MR) is 146 cm³/mol. The smallest absolute Gasteiger partial charge is 0.247 e. The third-order valence-corrected chi connectivity index (χ3v) is 5.76. The number of carbonyl (C=O) groups excluding carboxylic acids is 1. The van der Waals surface area contributed by atoms with Gasteiger partial charge < -0.3 is 30.2 Å². The molecule has 2 aromatic heterocycles. The average molecular weight is 486 g/mol. The molecule has 0 bridgehead atoms. The van der Waals surface area contributed by atoms with Crippen LogP contribution >= 0.6 is 0 Å². The van der Waals surface area contributed by atoms with E-state index in [-0.39, 0.29) is 5.91 Å². The summed E-state index contributed by atoms with van der Waals surface area (Å²) in [5, 5.41) is 10.7. The summed E-state index contributed by atoms with van der Waals surface area (Å²) in [5.74, 6) is 0.895. The van der Waals surface area contributed by atoms with Gasteiger partial charge in [-0.2, -0.15) is 0 Å². The van der Waals surface area contributed by atoms with Crippen LogP contribution < -0.4 is 20.7 Å². The van der Waals surface area contributed by atoms with Crippen LogP contribution in [0.25, 0.3) is 22.2 Å². The number of amides is 1. The molecule has 0 aliphatic carbocycles. The van der Waals surface area contributed by atoms with Crippen molar-refractivity contribution in [3.8, 4) is 17.0 Å². The number of aromatic nitrogens is 3. The highest BCUT2D eigenvalue weighted by molar-refractivity contribution is 6.02. The van der Waals surface area contributed by atoms with Gasteiger partial charge in [-0.15, -0.1) is 0 Å². The van der Waals surface area contributed by atoms with Gasteiger partial charge in [-0.1, -0.05) is 24.8 Å². The van der Waals surface area contributed by atoms with E-state index in [1.807, 2.05) is 51.5 Å². The standard InChI is InChI=1S/C27H31N7O2/c1-6-27(35)32-22-13-23(25(36-5)14-21(22)28-11-12-33(2)3)31-26-15-20(29-17-30-26)19-16-34(4)24-10-8-7-9-18(19)24/h6-10,13-17,28H,1,11-12H2,2-5H3,(H,32,35)(H,29,30,31). The monoisotopic (exact) mass is 485 g/mol. The van der Waals surface area contributed by atoms with Crippen molar-refractivity contribution in [2.24, 2.45) is 7.05 Å². The molecule has 0 spiro atoms. The summed E-state index contributed by atoms with van der Waals surface area (Å²) in [6.07, 6.45) is 4.83. The number of rotatable bonds is 10. The van der Waals surface area contributed by atoms with Crippen molar-refractivity contribution in [2.45, 2.75) is 0 Å². The van der Waals surface area contributed by atoms with Gasteiger partial charge in [-0.05, 0) is 32.3 Å². The molecule has 3 N–H and O–H groups in total. The van der Waals surface area contributed by atoms with E-state index in [0.29, 0.717) is 29.5 Å². The maximum Gasteiger partial charge on any atom is 0.247 e. The Morgan fingerprint density at radius 2 is 1.94 bits per heavy atom. The lowest BCUT2D eigenvalue weighted by Crippen LogP contribution is -2.21. The molecule has 36 heavy (non-hydrogen) atoms. The molecule has 0 aliphatic heterocycles. The largest absolute Gasteiger partial charge is 0.494 e. The molecule has 4 rings (SSSR count). The number of likely N-dealkylation sites (N-methyl/N-ethyl adjacent to an activating group) is 1. The van der Waals surface area contributed by atoms with Gasteiger partial charge in [0.15, 0.2) is 0 Å². The summed E-state index contributed by atoms with van der Waals surface area (Å²) in [6, 6.07) is 13.8. The fourth-order valence-electron chi connectivity index (χ4n) is 3.95. The first-order chi connectivity index (χ1) is 17.4. The Labute approximate surface area is 210 Å². The van der Waals surface area contributed by atoms with E-state index in [1.165, 1.54) is 12.4 Å². The number of anilines is 4. The summed E-state index contributed by atoms with van der Waals surface area (Å²) in [4.78, 5) is 23.1. The van der Waals surface area contributed by atoms with Crippen molar-refractivity contribution >= 4 is 39.7 Å². The molecule has 0 unspecified atom stereocenters. The topological polar surface area (TPSA) is 96.3 Å². The average Bonchev–Trinajstić information content (AvgIpc) is 3.21. The molecule has 4 aromatic rings. The lowest BCUT2D eigenvalue weighted by atomic mass is 10.1. The van der Waals surface area contributed by atoms with Crippen LogP contribution in [0, 0.1) is 0 Å². The van der Waals surface area contributed by atoms with E-state index < -0.39 is 0 Å². The molecule has 186 valence electrons. The van der Waals surface area contributed by atoms with Gasteiger partial charge in [0.05, 0.1) is 29.9 Å². The van der Waals surface area contributed by atoms with Crippen molar-refractivity contribution in [2.75, 3.05) is 50.2 Å². The second-order valence-electron chi connectivity index (χ2n) is 8.61. The van der Waals surface area contributed by atoms with E-state index in [9.17, 15) is 4.79 Å². The molecule has 9 nitrogen and oxygen atoms in total. The van der Waals surface area contributed by atoms with Gasteiger partial charge in [0.25, 0.3) is 0 Å². The molecule has 0 radical (unpaired) electrons. The highest BCUT2D eigenvalue weighted by atomic mass is 16.5. The Morgan fingerprint density at radius 3 is 2.69 bits per heavy atom. The third-order valence-electron chi connectivity index (χ3n) is 5.76. The van der Waals surface area contributed by atoms with Gasteiger partial charge in [-0.3, -0.25) is 4.79 Å². The van der Waals surface area contributed by atoms with Crippen LogP contribution in [0.1, 0.15) is 0 Å². The fourth-order valence-corrected chi connectivity index (χ4v) is 3.95. The molecule has 2 aromatic carbocycles. The highest BCUT2D eigenvalue weighted by Gasteiger charge is 2.15. The summed E-state index contributed by atoms with van der Waals surface area (Å²) >= 11 is 0. The maximum absolute atomic E-state index is 12.1. The van der Waals surface area contributed by atoms with Gasteiger partial charge >= 0.3 is 0 Å². The van der Waals surface area contributed by atoms with Gasteiger partial charge in [-0.25, -0.2) is 9.97 Å². The van der Waals surface area contributed by atoms with Crippen molar-refractivity contribution in [1.29, 1.82) is 0 Å².